The molecule has 1 amide bonds. The molecule has 0 spiro atoms. The normalized spacial score (nSPS) is 14.2. The van der Waals surface area contributed by atoms with E-state index in [1.807, 2.05) is 0 Å². The maximum Gasteiger partial charge on any atom is 0.251 e. The number of methoxy groups -OCH3 is 1. The number of hydrogen-bond acceptors (Lipinski definition) is 4. The summed E-state index contributed by atoms with van der Waals surface area (Å²) in [7, 11) is 1.54. The number of carbonyl (C=O) groups is 1. The van der Waals surface area contributed by atoms with Gasteiger partial charge in [-0.25, -0.2) is 0 Å². The Hall–Kier alpha value is -1.72. The lowest BCUT2D eigenvalue weighted by Gasteiger charge is -2.16. The third kappa shape index (κ3) is 5.94. The van der Waals surface area contributed by atoms with Crippen LogP contribution >= 0.6 is 11.6 Å². The van der Waals surface area contributed by atoms with E-state index in [9.17, 15) is 4.79 Å². The molecule has 0 aromatic heterocycles. The van der Waals surface area contributed by atoms with Gasteiger partial charge in [0.05, 0.1) is 18.7 Å². The van der Waals surface area contributed by atoms with Crippen molar-refractivity contribution < 1.29 is 14.3 Å². The van der Waals surface area contributed by atoms with Gasteiger partial charge in [0.15, 0.2) is 11.5 Å². The predicted octanol–water partition coefficient (Wildman–Crippen LogP) is 3.42. The van der Waals surface area contributed by atoms with E-state index >= 15 is 0 Å². The molecule has 0 unspecified atom stereocenters. The molecule has 1 aromatic rings. The van der Waals surface area contributed by atoms with Crippen LogP contribution in [-0.2, 0) is 0 Å². The van der Waals surface area contributed by atoms with Crippen LogP contribution in [-0.4, -0.2) is 39.3 Å². The number of benzene rings is 1. The Morgan fingerprint density at radius 1 is 1.40 bits per heavy atom. The molecule has 0 bridgehead atoms. The largest absolute Gasteiger partial charge is 0.493 e. The highest BCUT2D eigenvalue weighted by atomic mass is 35.5. The summed E-state index contributed by atoms with van der Waals surface area (Å²) in [5.41, 5.74) is 1.70. The zero-order valence-corrected chi connectivity index (χ0v) is 15.9. The van der Waals surface area contributed by atoms with Crippen LogP contribution in [0.1, 0.15) is 37.0 Å². The van der Waals surface area contributed by atoms with Crippen LogP contribution in [0.4, 0.5) is 0 Å². The van der Waals surface area contributed by atoms with E-state index in [1.54, 1.807) is 19.2 Å². The summed E-state index contributed by atoms with van der Waals surface area (Å²) in [6.07, 6.45) is 3.99. The second kappa shape index (κ2) is 9.68. The molecule has 0 radical (unpaired) electrons. The molecule has 0 saturated carbocycles. The standard InChI is InChI=1S/C19H27ClN2O3/c1-13(2)6-9-25-18-16(20)10-15(11-17(18)24-3)19(23)22-12-14-4-7-21-8-5-14/h4,10-11,13,21H,5-9,12H2,1-3H3,(H,22,23). The first-order chi connectivity index (χ1) is 12.0. The third-order valence-corrected chi connectivity index (χ3v) is 4.35. The summed E-state index contributed by atoms with van der Waals surface area (Å²) in [4.78, 5) is 12.4. The molecule has 0 saturated heterocycles. The SMILES string of the molecule is COc1cc(C(=O)NCC2=CCNCC2)cc(Cl)c1OCCC(C)C. The topological polar surface area (TPSA) is 59.6 Å². The van der Waals surface area contributed by atoms with Gasteiger partial charge in [-0.05, 0) is 37.4 Å². The number of carbonyl (C=O) groups excluding carboxylic acids is 1. The Labute approximate surface area is 154 Å². The van der Waals surface area contributed by atoms with Crippen molar-refractivity contribution in [2.24, 2.45) is 5.92 Å². The second-order valence-electron chi connectivity index (χ2n) is 6.52. The van der Waals surface area contributed by atoms with Gasteiger partial charge in [0.25, 0.3) is 5.91 Å². The maximum absolute atomic E-state index is 12.4. The summed E-state index contributed by atoms with van der Waals surface area (Å²) in [5, 5.41) is 6.57. The number of rotatable bonds is 8. The van der Waals surface area contributed by atoms with Gasteiger partial charge >= 0.3 is 0 Å². The van der Waals surface area contributed by atoms with Crippen molar-refractivity contribution in [3.8, 4) is 11.5 Å². The summed E-state index contributed by atoms with van der Waals surface area (Å²) in [6.45, 7) is 7.17. The van der Waals surface area contributed by atoms with Crippen LogP contribution in [0.3, 0.4) is 0 Å². The predicted molar refractivity (Wildman–Crippen MR) is 101 cm³/mol. The Balaban J connectivity index is 2.03. The minimum Gasteiger partial charge on any atom is -0.493 e. The van der Waals surface area contributed by atoms with E-state index in [2.05, 4.69) is 30.6 Å². The number of amides is 1. The molecule has 1 aliphatic rings. The molecule has 5 nitrogen and oxygen atoms in total. The first kappa shape index (κ1) is 19.6. The molecule has 0 atom stereocenters. The van der Waals surface area contributed by atoms with Gasteiger partial charge in [-0.1, -0.05) is 37.1 Å². The highest BCUT2D eigenvalue weighted by Gasteiger charge is 2.16. The first-order valence-corrected chi connectivity index (χ1v) is 9.06. The van der Waals surface area contributed by atoms with E-state index < -0.39 is 0 Å². The van der Waals surface area contributed by atoms with Gasteiger partial charge in [0, 0.05) is 18.7 Å². The fourth-order valence-electron chi connectivity index (χ4n) is 2.51. The van der Waals surface area contributed by atoms with Crippen LogP contribution in [0, 0.1) is 5.92 Å². The average Bonchev–Trinajstić information content (AvgIpc) is 2.61. The summed E-state index contributed by atoms with van der Waals surface area (Å²) >= 11 is 6.32. The van der Waals surface area contributed by atoms with Crippen molar-refractivity contribution in [1.29, 1.82) is 0 Å². The molecule has 0 fully saturated rings. The van der Waals surface area contributed by atoms with E-state index in [-0.39, 0.29) is 5.91 Å². The number of nitrogens with one attached hydrogen (secondary N) is 2. The highest BCUT2D eigenvalue weighted by Crippen LogP contribution is 2.36. The fourth-order valence-corrected chi connectivity index (χ4v) is 2.78. The summed E-state index contributed by atoms with van der Waals surface area (Å²) < 4.78 is 11.1. The van der Waals surface area contributed by atoms with E-state index in [0.29, 0.717) is 41.2 Å². The van der Waals surface area contributed by atoms with E-state index in [0.717, 1.165) is 25.9 Å². The van der Waals surface area contributed by atoms with Gasteiger partial charge in [-0.2, -0.15) is 0 Å². The quantitative estimate of drug-likeness (QED) is 0.692. The maximum atomic E-state index is 12.4. The molecule has 2 rings (SSSR count). The Morgan fingerprint density at radius 3 is 2.84 bits per heavy atom. The molecular weight excluding hydrogens is 340 g/mol. The molecule has 2 N–H and O–H groups in total. The highest BCUT2D eigenvalue weighted by molar-refractivity contribution is 6.32. The van der Waals surface area contributed by atoms with Crippen LogP contribution in [0.5, 0.6) is 11.5 Å². The van der Waals surface area contributed by atoms with Crippen molar-refractivity contribution in [2.75, 3.05) is 33.4 Å². The molecule has 1 aliphatic heterocycles. The van der Waals surface area contributed by atoms with Crippen LogP contribution in [0.25, 0.3) is 0 Å². The molecule has 0 aliphatic carbocycles. The summed E-state index contributed by atoms with van der Waals surface area (Å²) in [5.74, 6) is 1.33. The van der Waals surface area contributed by atoms with Crippen molar-refractivity contribution >= 4 is 17.5 Å². The Morgan fingerprint density at radius 2 is 2.20 bits per heavy atom. The van der Waals surface area contributed by atoms with Crippen molar-refractivity contribution in [3.63, 3.8) is 0 Å². The Kier molecular flexibility index (Phi) is 7.59. The molecular formula is C19H27ClN2O3. The lowest BCUT2D eigenvalue weighted by molar-refractivity contribution is 0.0956. The van der Waals surface area contributed by atoms with E-state index in [4.69, 9.17) is 21.1 Å². The van der Waals surface area contributed by atoms with E-state index in [1.165, 1.54) is 5.57 Å². The van der Waals surface area contributed by atoms with Crippen LogP contribution < -0.4 is 20.1 Å². The Bertz CT molecular complexity index is 629. The monoisotopic (exact) mass is 366 g/mol. The number of hydrogen-bond donors (Lipinski definition) is 2. The zero-order valence-electron chi connectivity index (χ0n) is 15.2. The molecule has 25 heavy (non-hydrogen) atoms. The smallest absolute Gasteiger partial charge is 0.251 e. The van der Waals surface area contributed by atoms with Crippen molar-refractivity contribution in [1.82, 2.24) is 10.6 Å². The van der Waals surface area contributed by atoms with Crippen LogP contribution in [0.15, 0.2) is 23.8 Å². The average molecular weight is 367 g/mol. The fraction of sp³-hybridized carbons (Fsp3) is 0.526. The summed E-state index contributed by atoms with van der Waals surface area (Å²) in [6, 6.07) is 3.30. The van der Waals surface area contributed by atoms with Crippen LogP contribution in [0.2, 0.25) is 5.02 Å². The minimum atomic E-state index is -0.173. The first-order valence-electron chi connectivity index (χ1n) is 8.68. The van der Waals surface area contributed by atoms with Gasteiger partial charge in [-0.15, -0.1) is 0 Å². The molecule has 1 aromatic carbocycles. The van der Waals surface area contributed by atoms with Gasteiger partial charge in [0.2, 0.25) is 0 Å². The van der Waals surface area contributed by atoms with Crippen molar-refractivity contribution in [2.45, 2.75) is 26.7 Å². The third-order valence-electron chi connectivity index (χ3n) is 4.07. The lowest BCUT2D eigenvalue weighted by Crippen LogP contribution is -2.29. The van der Waals surface area contributed by atoms with Crippen molar-refractivity contribution in [3.05, 3.63) is 34.4 Å². The number of ether oxygens (including phenoxy) is 2. The van der Waals surface area contributed by atoms with Gasteiger partial charge in [0.1, 0.15) is 0 Å². The molecule has 6 heteroatoms. The molecule has 1 heterocycles. The zero-order chi connectivity index (χ0) is 18.2. The number of halogens is 1. The minimum absolute atomic E-state index is 0.173. The lowest BCUT2D eigenvalue weighted by atomic mass is 10.1. The second-order valence-corrected chi connectivity index (χ2v) is 6.93. The van der Waals surface area contributed by atoms with Gasteiger partial charge in [-0.3, -0.25) is 4.79 Å². The molecule has 138 valence electrons. The van der Waals surface area contributed by atoms with Gasteiger partial charge < -0.3 is 20.1 Å².